The molecule has 0 saturated heterocycles. The summed E-state index contributed by atoms with van der Waals surface area (Å²) in [4.78, 5) is 20.2. The van der Waals surface area contributed by atoms with Gasteiger partial charge in [0.25, 0.3) is 5.91 Å². The van der Waals surface area contributed by atoms with Crippen LogP contribution in [0.25, 0.3) is 5.82 Å². The molecule has 1 N–H and O–H groups in total. The smallest absolute Gasteiger partial charge is 0.263 e. The number of carbonyl (C=O) groups excluding carboxylic acids is 1. The van der Waals surface area contributed by atoms with Crippen LogP contribution in [0.2, 0.25) is 0 Å². The van der Waals surface area contributed by atoms with Crippen LogP contribution >= 0.6 is 0 Å². The lowest BCUT2D eigenvalue weighted by Gasteiger charge is -2.08. The minimum Gasteiger partial charge on any atom is -0.484 e. The van der Waals surface area contributed by atoms with Crippen molar-refractivity contribution in [2.24, 2.45) is 0 Å². The van der Waals surface area contributed by atoms with E-state index in [9.17, 15) is 4.79 Å². The van der Waals surface area contributed by atoms with Crippen molar-refractivity contribution in [2.45, 2.75) is 0 Å². The molecule has 0 spiro atoms. The fourth-order valence-electron chi connectivity index (χ4n) is 2.24. The van der Waals surface area contributed by atoms with E-state index < -0.39 is 0 Å². The minimum absolute atomic E-state index is 0.166. The fourth-order valence-corrected chi connectivity index (χ4v) is 2.24. The van der Waals surface area contributed by atoms with E-state index in [-0.39, 0.29) is 19.3 Å². The molecule has 0 aliphatic carbocycles. The maximum Gasteiger partial charge on any atom is 0.263 e. The van der Waals surface area contributed by atoms with Crippen LogP contribution in [0.3, 0.4) is 0 Å². The highest BCUT2D eigenvalue weighted by molar-refractivity contribution is 5.91. The van der Waals surface area contributed by atoms with Crippen LogP contribution in [-0.4, -0.2) is 39.1 Å². The summed E-state index contributed by atoms with van der Waals surface area (Å²) < 4.78 is 17.5. The molecule has 9 heteroatoms. The van der Waals surface area contributed by atoms with E-state index in [4.69, 9.17) is 14.2 Å². The van der Waals surface area contributed by atoms with E-state index in [1.165, 1.54) is 6.33 Å². The average molecular weight is 339 g/mol. The molecule has 2 aromatic heterocycles. The predicted octanol–water partition coefficient (Wildman–Crippen LogP) is 1.41. The van der Waals surface area contributed by atoms with Crippen molar-refractivity contribution in [3.05, 3.63) is 49.1 Å². The van der Waals surface area contributed by atoms with Gasteiger partial charge >= 0.3 is 0 Å². The fraction of sp³-hybridized carbons (Fsp3) is 0.125. The summed E-state index contributed by atoms with van der Waals surface area (Å²) in [6, 6.07) is 8.51. The van der Waals surface area contributed by atoms with Gasteiger partial charge in [0.05, 0.1) is 0 Å². The lowest BCUT2D eigenvalue weighted by molar-refractivity contribution is -0.118. The second-order valence-electron chi connectivity index (χ2n) is 5.06. The highest BCUT2D eigenvalue weighted by atomic mass is 16.7. The van der Waals surface area contributed by atoms with Gasteiger partial charge in [0.1, 0.15) is 17.9 Å². The normalized spacial score (nSPS) is 12.0. The van der Waals surface area contributed by atoms with E-state index in [2.05, 4.69) is 20.4 Å². The number of hydrogen-bond acceptors (Lipinski definition) is 7. The number of anilines is 1. The van der Waals surface area contributed by atoms with Gasteiger partial charge in [-0.25, -0.2) is 14.6 Å². The van der Waals surface area contributed by atoms with E-state index >= 15 is 0 Å². The zero-order valence-electron chi connectivity index (χ0n) is 13.0. The molecule has 3 heterocycles. The highest BCUT2D eigenvalue weighted by Crippen LogP contribution is 2.35. The quantitative estimate of drug-likeness (QED) is 0.750. The molecule has 4 rings (SSSR count). The second-order valence-corrected chi connectivity index (χ2v) is 5.06. The second kappa shape index (κ2) is 6.48. The molecule has 1 aliphatic heterocycles. The summed E-state index contributed by atoms with van der Waals surface area (Å²) in [5.74, 6) is 2.33. The number of fused-ring (bicyclic) bond motifs is 1. The molecular weight excluding hydrogens is 326 g/mol. The molecule has 25 heavy (non-hydrogen) atoms. The Morgan fingerprint density at radius 3 is 3.04 bits per heavy atom. The summed E-state index contributed by atoms with van der Waals surface area (Å²) in [6.45, 7) is 0.0202. The van der Waals surface area contributed by atoms with Crippen molar-refractivity contribution in [1.29, 1.82) is 0 Å². The van der Waals surface area contributed by atoms with Crippen molar-refractivity contribution in [3.8, 4) is 23.1 Å². The number of hydrogen-bond donors (Lipinski definition) is 1. The van der Waals surface area contributed by atoms with Gasteiger partial charge in [-0.05, 0) is 18.2 Å². The summed E-state index contributed by atoms with van der Waals surface area (Å²) in [7, 11) is 0. The Kier molecular flexibility index (Phi) is 3.87. The maximum atomic E-state index is 12.0. The van der Waals surface area contributed by atoms with Crippen LogP contribution in [0.1, 0.15) is 0 Å². The SMILES string of the molecule is O=C(COc1ccc2c(c1)OCO2)Nc1cc(-n2cccn2)ncn1. The molecule has 9 nitrogen and oxygen atoms in total. The zero-order valence-corrected chi connectivity index (χ0v) is 13.0. The first-order valence-electron chi connectivity index (χ1n) is 7.42. The van der Waals surface area contributed by atoms with Crippen molar-refractivity contribution in [2.75, 3.05) is 18.7 Å². The summed E-state index contributed by atoms with van der Waals surface area (Å²) in [6.07, 6.45) is 4.74. The van der Waals surface area contributed by atoms with Gasteiger partial charge in [0.2, 0.25) is 6.79 Å². The van der Waals surface area contributed by atoms with E-state index in [1.54, 1.807) is 47.4 Å². The van der Waals surface area contributed by atoms with Crippen LogP contribution in [-0.2, 0) is 4.79 Å². The first kappa shape index (κ1) is 14.9. The Morgan fingerprint density at radius 2 is 2.16 bits per heavy atom. The Balaban J connectivity index is 1.37. The number of nitrogens with one attached hydrogen (secondary N) is 1. The van der Waals surface area contributed by atoms with Crippen LogP contribution in [0, 0.1) is 0 Å². The molecule has 0 radical (unpaired) electrons. The van der Waals surface area contributed by atoms with E-state index in [0.717, 1.165) is 0 Å². The number of amides is 1. The average Bonchev–Trinajstić information content (AvgIpc) is 3.31. The van der Waals surface area contributed by atoms with Crippen molar-refractivity contribution in [3.63, 3.8) is 0 Å². The topological polar surface area (TPSA) is 100 Å². The first-order valence-corrected chi connectivity index (χ1v) is 7.42. The molecule has 1 aliphatic rings. The van der Waals surface area contributed by atoms with Gasteiger partial charge in [0.15, 0.2) is 23.9 Å². The monoisotopic (exact) mass is 339 g/mol. The third kappa shape index (κ3) is 3.34. The van der Waals surface area contributed by atoms with Gasteiger partial charge < -0.3 is 19.5 Å². The molecule has 126 valence electrons. The largest absolute Gasteiger partial charge is 0.484 e. The molecule has 0 atom stereocenters. The Labute approximate surface area is 142 Å². The van der Waals surface area contributed by atoms with Crippen LogP contribution in [0.4, 0.5) is 5.82 Å². The van der Waals surface area contributed by atoms with Crippen LogP contribution < -0.4 is 19.5 Å². The van der Waals surface area contributed by atoms with Crippen molar-refractivity contribution >= 4 is 11.7 Å². The number of benzene rings is 1. The molecule has 1 amide bonds. The van der Waals surface area contributed by atoms with Crippen LogP contribution in [0.15, 0.2) is 49.1 Å². The lowest BCUT2D eigenvalue weighted by Crippen LogP contribution is -2.21. The number of aromatic nitrogens is 4. The molecule has 0 saturated carbocycles. The number of rotatable bonds is 5. The molecule has 0 unspecified atom stereocenters. The number of nitrogens with zero attached hydrogens (tertiary/aromatic N) is 4. The molecule has 0 bridgehead atoms. The maximum absolute atomic E-state index is 12.0. The number of ether oxygens (including phenoxy) is 3. The van der Waals surface area contributed by atoms with E-state index in [0.29, 0.717) is 28.9 Å². The molecule has 1 aromatic carbocycles. The molecule has 0 fully saturated rings. The van der Waals surface area contributed by atoms with Gasteiger partial charge in [0, 0.05) is 24.5 Å². The first-order chi connectivity index (χ1) is 12.3. The Morgan fingerprint density at radius 1 is 1.24 bits per heavy atom. The zero-order chi connectivity index (χ0) is 17.1. The Hall–Kier alpha value is -3.62. The molecule has 3 aromatic rings. The van der Waals surface area contributed by atoms with Gasteiger partial charge in [-0.2, -0.15) is 5.10 Å². The van der Waals surface area contributed by atoms with Crippen molar-refractivity contribution in [1.82, 2.24) is 19.7 Å². The molecular formula is C16H13N5O4. The minimum atomic E-state index is -0.345. The van der Waals surface area contributed by atoms with Crippen molar-refractivity contribution < 1.29 is 19.0 Å². The standard InChI is InChI=1S/C16H13N5O4/c22-16(8-23-11-2-3-12-13(6-11)25-10-24-12)20-14-7-15(18-9-17-14)21-5-1-4-19-21/h1-7,9H,8,10H2,(H,17,18,20,22). The van der Waals surface area contributed by atoms with Gasteiger partial charge in [-0.1, -0.05) is 0 Å². The highest BCUT2D eigenvalue weighted by Gasteiger charge is 2.14. The predicted molar refractivity (Wildman–Crippen MR) is 85.8 cm³/mol. The lowest BCUT2D eigenvalue weighted by atomic mass is 10.3. The van der Waals surface area contributed by atoms with Gasteiger partial charge in [-0.3, -0.25) is 4.79 Å². The summed E-state index contributed by atoms with van der Waals surface area (Å²) in [5.41, 5.74) is 0. The summed E-state index contributed by atoms with van der Waals surface area (Å²) in [5, 5.41) is 6.73. The number of carbonyl (C=O) groups is 1. The third-order valence-corrected chi connectivity index (χ3v) is 3.37. The van der Waals surface area contributed by atoms with Gasteiger partial charge in [-0.15, -0.1) is 0 Å². The Bertz CT molecular complexity index is 897. The van der Waals surface area contributed by atoms with Crippen LogP contribution in [0.5, 0.6) is 17.2 Å². The summed E-state index contributed by atoms with van der Waals surface area (Å²) >= 11 is 0. The van der Waals surface area contributed by atoms with E-state index in [1.807, 2.05) is 0 Å². The third-order valence-electron chi connectivity index (χ3n) is 3.37.